The van der Waals surface area contributed by atoms with E-state index in [2.05, 4.69) is 25.5 Å². The SMILES string of the molecule is CCCC(C)CC(CC)CCC(=O)OC(CSC)C(F)(F)F. The van der Waals surface area contributed by atoms with Gasteiger partial charge in [0.15, 0.2) is 0 Å². The molecule has 0 radical (unpaired) electrons. The van der Waals surface area contributed by atoms with Gasteiger partial charge in [-0.25, -0.2) is 0 Å². The predicted octanol–water partition coefficient (Wildman–Crippen LogP) is 5.46. The van der Waals surface area contributed by atoms with Gasteiger partial charge in [0, 0.05) is 12.2 Å². The summed E-state index contributed by atoms with van der Waals surface area (Å²) in [5.74, 6) is -0.0256. The Bertz CT molecular complexity index is 308. The highest BCUT2D eigenvalue weighted by Gasteiger charge is 2.42. The zero-order chi connectivity index (χ0) is 17.2. The number of ether oxygens (including phenoxy) is 1. The molecule has 22 heavy (non-hydrogen) atoms. The van der Waals surface area contributed by atoms with Gasteiger partial charge in [0.25, 0.3) is 0 Å². The topological polar surface area (TPSA) is 26.3 Å². The van der Waals surface area contributed by atoms with E-state index < -0.39 is 18.2 Å². The Morgan fingerprint density at radius 2 is 1.86 bits per heavy atom. The van der Waals surface area contributed by atoms with Gasteiger partial charge in [-0.1, -0.05) is 40.0 Å². The second-order valence-corrected chi connectivity index (χ2v) is 6.83. The first-order valence-corrected chi connectivity index (χ1v) is 9.38. The average molecular weight is 342 g/mol. The summed E-state index contributed by atoms with van der Waals surface area (Å²) < 4.78 is 42.7. The molecule has 0 aromatic rings. The van der Waals surface area contributed by atoms with Crippen molar-refractivity contribution in [2.45, 2.75) is 71.6 Å². The molecule has 0 aromatic heterocycles. The molecule has 0 saturated heterocycles. The molecule has 0 heterocycles. The Morgan fingerprint density at radius 1 is 1.23 bits per heavy atom. The lowest BCUT2D eigenvalue weighted by Crippen LogP contribution is -2.36. The van der Waals surface area contributed by atoms with Crippen molar-refractivity contribution in [3.05, 3.63) is 0 Å². The number of esters is 1. The summed E-state index contributed by atoms with van der Waals surface area (Å²) >= 11 is 1.02. The van der Waals surface area contributed by atoms with Crippen LogP contribution in [-0.2, 0) is 9.53 Å². The molecule has 3 unspecified atom stereocenters. The number of thioether (sulfide) groups is 1. The molecule has 0 amide bonds. The first-order valence-electron chi connectivity index (χ1n) is 7.99. The minimum atomic E-state index is -4.49. The highest BCUT2D eigenvalue weighted by molar-refractivity contribution is 7.98. The van der Waals surface area contributed by atoms with Crippen LogP contribution in [0.3, 0.4) is 0 Å². The summed E-state index contributed by atoms with van der Waals surface area (Å²) in [5, 5.41) is 0. The van der Waals surface area contributed by atoms with Gasteiger partial charge in [0.1, 0.15) is 0 Å². The molecule has 0 aliphatic heterocycles. The summed E-state index contributed by atoms with van der Waals surface area (Å²) in [6.45, 7) is 6.38. The molecular weight excluding hydrogens is 313 g/mol. The second-order valence-electron chi connectivity index (χ2n) is 5.92. The van der Waals surface area contributed by atoms with Gasteiger partial charge in [-0.05, 0) is 30.9 Å². The number of alkyl halides is 3. The van der Waals surface area contributed by atoms with Gasteiger partial charge >= 0.3 is 12.1 Å². The summed E-state index contributed by atoms with van der Waals surface area (Å²) in [7, 11) is 0. The maximum atomic E-state index is 12.7. The number of carbonyl (C=O) groups excluding carboxylic acids is 1. The van der Waals surface area contributed by atoms with Crippen LogP contribution in [0.25, 0.3) is 0 Å². The van der Waals surface area contributed by atoms with Gasteiger partial charge in [0.05, 0.1) is 0 Å². The molecule has 0 bridgehead atoms. The fourth-order valence-electron chi connectivity index (χ4n) is 2.55. The van der Waals surface area contributed by atoms with Gasteiger partial charge in [-0.15, -0.1) is 0 Å². The van der Waals surface area contributed by atoms with Crippen molar-refractivity contribution in [3.63, 3.8) is 0 Å². The van der Waals surface area contributed by atoms with E-state index in [0.29, 0.717) is 18.3 Å². The number of halogens is 3. The van der Waals surface area contributed by atoms with E-state index in [-0.39, 0.29) is 12.2 Å². The van der Waals surface area contributed by atoms with Gasteiger partial charge in [-0.2, -0.15) is 24.9 Å². The maximum Gasteiger partial charge on any atom is 0.426 e. The van der Waals surface area contributed by atoms with Crippen LogP contribution in [0.5, 0.6) is 0 Å². The van der Waals surface area contributed by atoms with Crippen LogP contribution < -0.4 is 0 Å². The summed E-state index contributed by atoms with van der Waals surface area (Å²) in [4.78, 5) is 11.7. The number of rotatable bonds is 11. The zero-order valence-corrected chi connectivity index (χ0v) is 14.9. The van der Waals surface area contributed by atoms with Crippen LogP contribution in [0.2, 0.25) is 0 Å². The van der Waals surface area contributed by atoms with Crippen molar-refractivity contribution >= 4 is 17.7 Å². The van der Waals surface area contributed by atoms with Crippen molar-refractivity contribution in [1.82, 2.24) is 0 Å². The molecule has 0 aliphatic carbocycles. The van der Waals surface area contributed by atoms with E-state index >= 15 is 0 Å². The quantitative estimate of drug-likeness (QED) is 0.467. The molecule has 6 heteroatoms. The normalized spacial score (nSPS) is 16.1. The smallest absolute Gasteiger partial charge is 0.426 e. The fourth-order valence-corrected chi connectivity index (χ4v) is 3.11. The van der Waals surface area contributed by atoms with E-state index in [0.717, 1.165) is 37.4 Å². The molecule has 0 rings (SSSR count). The highest BCUT2D eigenvalue weighted by atomic mass is 32.2. The number of hydrogen-bond acceptors (Lipinski definition) is 3. The van der Waals surface area contributed by atoms with Crippen molar-refractivity contribution in [1.29, 1.82) is 0 Å². The average Bonchev–Trinajstić information content (AvgIpc) is 2.42. The molecule has 0 N–H and O–H groups in total. The molecule has 0 saturated carbocycles. The lowest BCUT2D eigenvalue weighted by atomic mass is 9.88. The van der Waals surface area contributed by atoms with E-state index in [4.69, 9.17) is 0 Å². The Labute approximate surface area is 136 Å². The summed E-state index contributed by atoms with van der Waals surface area (Å²) in [6, 6.07) is 0. The summed E-state index contributed by atoms with van der Waals surface area (Å²) in [6.07, 6.45) is -0.0142. The summed E-state index contributed by atoms with van der Waals surface area (Å²) in [5.41, 5.74) is 0. The molecule has 3 atom stereocenters. The molecule has 132 valence electrons. The van der Waals surface area contributed by atoms with Crippen LogP contribution in [0, 0.1) is 11.8 Å². The lowest BCUT2D eigenvalue weighted by molar-refractivity contribution is -0.214. The molecule has 2 nitrogen and oxygen atoms in total. The molecule has 0 fully saturated rings. The molecule has 0 aromatic carbocycles. The third-order valence-corrected chi connectivity index (χ3v) is 4.44. The zero-order valence-electron chi connectivity index (χ0n) is 14.0. The van der Waals surface area contributed by atoms with Crippen molar-refractivity contribution < 1.29 is 22.7 Å². The van der Waals surface area contributed by atoms with Crippen LogP contribution in [0.1, 0.15) is 59.3 Å². The van der Waals surface area contributed by atoms with E-state index in [1.54, 1.807) is 6.26 Å². The third kappa shape index (κ3) is 9.59. The second kappa shape index (κ2) is 11.2. The molecule has 0 aliphatic rings. The first-order chi connectivity index (χ1) is 10.2. The van der Waals surface area contributed by atoms with Crippen molar-refractivity contribution in [2.24, 2.45) is 11.8 Å². The van der Waals surface area contributed by atoms with Crippen LogP contribution in [0.4, 0.5) is 13.2 Å². The van der Waals surface area contributed by atoms with E-state index in [1.807, 2.05) is 0 Å². The Morgan fingerprint density at radius 3 is 2.32 bits per heavy atom. The first kappa shape index (κ1) is 21.6. The van der Waals surface area contributed by atoms with E-state index in [9.17, 15) is 18.0 Å². The molecular formula is C16H29F3O2S. The van der Waals surface area contributed by atoms with Gasteiger partial charge < -0.3 is 4.74 Å². The Hall–Kier alpha value is -0.390. The van der Waals surface area contributed by atoms with Gasteiger partial charge in [-0.3, -0.25) is 4.79 Å². The fraction of sp³-hybridized carbons (Fsp3) is 0.938. The standard InChI is InChI=1S/C16H29F3O2S/c1-5-7-12(3)10-13(6-2)8-9-15(20)21-14(11-22-4)16(17,18)19/h12-14H,5-11H2,1-4H3. The van der Waals surface area contributed by atoms with Crippen molar-refractivity contribution in [3.8, 4) is 0 Å². The van der Waals surface area contributed by atoms with Crippen LogP contribution in [0.15, 0.2) is 0 Å². The Balaban J connectivity index is 4.28. The van der Waals surface area contributed by atoms with E-state index in [1.165, 1.54) is 0 Å². The largest absolute Gasteiger partial charge is 0.452 e. The predicted molar refractivity (Wildman–Crippen MR) is 86.0 cm³/mol. The van der Waals surface area contributed by atoms with Crippen LogP contribution >= 0.6 is 11.8 Å². The van der Waals surface area contributed by atoms with Crippen LogP contribution in [-0.4, -0.2) is 30.3 Å². The Kier molecular flexibility index (Phi) is 11.0. The van der Waals surface area contributed by atoms with Crippen molar-refractivity contribution in [2.75, 3.05) is 12.0 Å². The minimum Gasteiger partial charge on any atom is -0.452 e. The third-order valence-electron chi connectivity index (χ3n) is 3.81. The number of carbonyl (C=O) groups is 1. The maximum absolute atomic E-state index is 12.7. The number of hydrogen-bond donors (Lipinski definition) is 0. The monoisotopic (exact) mass is 342 g/mol. The molecule has 0 spiro atoms. The highest BCUT2D eigenvalue weighted by Crippen LogP contribution is 2.27. The lowest BCUT2D eigenvalue weighted by Gasteiger charge is -2.21. The van der Waals surface area contributed by atoms with Gasteiger partial charge in [0.2, 0.25) is 6.10 Å². The minimum absolute atomic E-state index is 0.0678.